The van der Waals surface area contributed by atoms with Crippen LogP contribution >= 0.6 is 0 Å². The molecule has 0 atom stereocenters. The Balaban J connectivity index is 1.44. The number of aryl methyl sites for hydroxylation is 1. The summed E-state index contributed by atoms with van der Waals surface area (Å²) < 4.78 is 12.0. The second-order valence-electron chi connectivity index (χ2n) is 10.7. The SMILES string of the molecule is C=CC(=O)Nc1cc(Nc2cc(-c3cccc(NC(=O)c4ccc(OC)cc4)c3C)cn(C)c2=O)ccc1C(=O)N1CCOCC1. The minimum atomic E-state index is -0.472. The first-order valence-electron chi connectivity index (χ1n) is 14.7. The van der Waals surface area contributed by atoms with Crippen molar-refractivity contribution in [3.05, 3.63) is 113 Å². The molecule has 1 aliphatic rings. The molecule has 46 heavy (non-hydrogen) atoms. The van der Waals surface area contributed by atoms with E-state index in [1.165, 1.54) is 4.57 Å². The number of aromatic nitrogens is 1. The molecule has 4 aromatic rings. The third-order valence-electron chi connectivity index (χ3n) is 7.70. The summed E-state index contributed by atoms with van der Waals surface area (Å²) >= 11 is 0. The molecule has 3 aromatic carbocycles. The number of nitrogens with zero attached hydrogens (tertiary/aromatic N) is 2. The summed E-state index contributed by atoms with van der Waals surface area (Å²) in [5.74, 6) is -0.313. The van der Waals surface area contributed by atoms with Gasteiger partial charge in [-0.3, -0.25) is 19.2 Å². The number of methoxy groups -OCH3 is 1. The van der Waals surface area contributed by atoms with Gasteiger partial charge in [0, 0.05) is 48.8 Å². The van der Waals surface area contributed by atoms with Crippen LogP contribution in [0.4, 0.5) is 22.7 Å². The Morgan fingerprint density at radius 2 is 1.67 bits per heavy atom. The molecule has 0 aliphatic carbocycles. The molecule has 3 amide bonds. The monoisotopic (exact) mass is 621 g/mol. The molecular weight excluding hydrogens is 586 g/mol. The summed E-state index contributed by atoms with van der Waals surface area (Å²) in [6.07, 6.45) is 2.85. The summed E-state index contributed by atoms with van der Waals surface area (Å²) in [6, 6.07) is 19.0. The van der Waals surface area contributed by atoms with E-state index in [9.17, 15) is 19.2 Å². The summed E-state index contributed by atoms with van der Waals surface area (Å²) in [4.78, 5) is 53.4. The van der Waals surface area contributed by atoms with Crippen molar-refractivity contribution in [1.82, 2.24) is 9.47 Å². The van der Waals surface area contributed by atoms with Crippen molar-refractivity contribution < 1.29 is 23.9 Å². The van der Waals surface area contributed by atoms with Crippen molar-refractivity contribution in [3.8, 4) is 16.9 Å². The zero-order chi connectivity index (χ0) is 32.8. The number of hydrogen-bond acceptors (Lipinski definition) is 7. The van der Waals surface area contributed by atoms with Crippen LogP contribution in [-0.4, -0.2) is 60.6 Å². The number of morpholine rings is 1. The molecule has 1 aliphatic heterocycles. The van der Waals surface area contributed by atoms with Gasteiger partial charge in [-0.15, -0.1) is 0 Å². The van der Waals surface area contributed by atoms with Crippen LogP contribution in [0.3, 0.4) is 0 Å². The van der Waals surface area contributed by atoms with Crippen molar-refractivity contribution in [2.24, 2.45) is 7.05 Å². The molecule has 1 fully saturated rings. The Morgan fingerprint density at radius 1 is 0.935 bits per heavy atom. The van der Waals surface area contributed by atoms with E-state index in [2.05, 4.69) is 22.5 Å². The van der Waals surface area contributed by atoms with Gasteiger partial charge in [0.2, 0.25) is 5.91 Å². The highest BCUT2D eigenvalue weighted by molar-refractivity contribution is 6.07. The number of rotatable bonds is 9. The maximum Gasteiger partial charge on any atom is 0.274 e. The first kappa shape index (κ1) is 31.7. The highest BCUT2D eigenvalue weighted by atomic mass is 16.5. The molecule has 236 valence electrons. The number of pyridine rings is 1. The topological polar surface area (TPSA) is 131 Å². The number of amides is 3. The molecule has 0 bridgehead atoms. The van der Waals surface area contributed by atoms with Crippen LogP contribution in [0.25, 0.3) is 11.1 Å². The zero-order valence-electron chi connectivity index (χ0n) is 25.9. The Hall–Kier alpha value is -5.68. The molecule has 0 radical (unpaired) electrons. The first-order valence-corrected chi connectivity index (χ1v) is 14.7. The molecular formula is C35H35N5O6. The van der Waals surface area contributed by atoms with E-state index >= 15 is 0 Å². The van der Waals surface area contributed by atoms with Crippen molar-refractivity contribution in [3.63, 3.8) is 0 Å². The van der Waals surface area contributed by atoms with Crippen molar-refractivity contribution >= 4 is 40.5 Å². The van der Waals surface area contributed by atoms with Crippen LogP contribution in [0.2, 0.25) is 0 Å². The summed E-state index contributed by atoms with van der Waals surface area (Å²) in [6.45, 7) is 7.19. The molecule has 1 aromatic heterocycles. The zero-order valence-corrected chi connectivity index (χ0v) is 25.9. The highest BCUT2D eigenvalue weighted by Gasteiger charge is 2.22. The van der Waals surface area contributed by atoms with E-state index in [0.29, 0.717) is 54.6 Å². The van der Waals surface area contributed by atoms with Crippen molar-refractivity contribution in [2.45, 2.75) is 6.92 Å². The standard InChI is InChI=1S/C35H35N5O6/c1-5-32(41)37-30-20-25(11-14-28(30)34(43)40-15-17-46-18-16-40)36-31-19-24(21-39(3)35(31)44)27-7-6-8-29(22(27)2)38-33(42)23-9-12-26(45-4)13-10-23/h5-14,19-21,36H,1,15-18H2,2-4H3,(H,37,41)(H,38,42). The van der Waals surface area contributed by atoms with Gasteiger partial charge in [-0.1, -0.05) is 18.7 Å². The maximum absolute atomic E-state index is 13.3. The Bertz CT molecular complexity index is 1860. The maximum atomic E-state index is 13.3. The molecule has 0 saturated carbocycles. The third-order valence-corrected chi connectivity index (χ3v) is 7.70. The predicted molar refractivity (Wildman–Crippen MR) is 178 cm³/mol. The predicted octanol–water partition coefficient (Wildman–Crippen LogP) is 4.96. The van der Waals surface area contributed by atoms with Crippen LogP contribution in [0.1, 0.15) is 26.3 Å². The van der Waals surface area contributed by atoms with Crippen LogP contribution in [0.15, 0.2) is 90.4 Å². The quantitative estimate of drug-likeness (QED) is 0.225. The number of hydrogen-bond donors (Lipinski definition) is 3. The Labute approximate surface area is 266 Å². The summed E-state index contributed by atoms with van der Waals surface area (Å²) in [7, 11) is 3.22. The van der Waals surface area contributed by atoms with Gasteiger partial charge in [-0.05, 0) is 78.7 Å². The number of benzene rings is 3. The fraction of sp³-hybridized carbons (Fsp3) is 0.200. The van der Waals surface area contributed by atoms with E-state index in [-0.39, 0.29) is 28.7 Å². The Kier molecular flexibility index (Phi) is 9.63. The fourth-order valence-corrected chi connectivity index (χ4v) is 5.16. The summed E-state index contributed by atoms with van der Waals surface area (Å²) in [5, 5.41) is 8.85. The van der Waals surface area contributed by atoms with Gasteiger partial charge in [-0.2, -0.15) is 0 Å². The van der Waals surface area contributed by atoms with Gasteiger partial charge in [0.15, 0.2) is 0 Å². The molecule has 3 N–H and O–H groups in total. The van der Waals surface area contributed by atoms with Gasteiger partial charge in [0.05, 0.1) is 31.6 Å². The van der Waals surface area contributed by atoms with E-state index < -0.39 is 5.91 Å². The van der Waals surface area contributed by atoms with Gasteiger partial charge in [0.1, 0.15) is 11.4 Å². The van der Waals surface area contributed by atoms with Crippen LogP contribution in [0, 0.1) is 6.92 Å². The van der Waals surface area contributed by atoms with Gasteiger partial charge >= 0.3 is 0 Å². The minimum absolute atomic E-state index is 0.235. The number of anilines is 4. The lowest BCUT2D eigenvalue weighted by Crippen LogP contribution is -2.41. The lowest BCUT2D eigenvalue weighted by molar-refractivity contribution is -0.111. The molecule has 11 heteroatoms. The molecule has 2 heterocycles. The number of carbonyl (C=O) groups is 3. The van der Waals surface area contributed by atoms with Crippen LogP contribution in [-0.2, 0) is 16.6 Å². The number of ether oxygens (including phenoxy) is 2. The smallest absolute Gasteiger partial charge is 0.274 e. The molecule has 0 spiro atoms. The molecule has 5 rings (SSSR count). The number of nitrogens with one attached hydrogen (secondary N) is 3. The van der Waals surface area contributed by atoms with Crippen molar-refractivity contribution in [2.75, 3.05) is 49.4 Å². The second-order valence-corrected chi connectivity index (χ2v) is 10.7. The van der Waals surface area contributed by atoms with E-state index in [1.807, 2.05) is 25.1 Å². The van der Waals surface area contributed by atoms with Crippen LogP contribution < -0.4 is 26.2 Å². The Morgan fingerprint density at radius 3 is 2.37 bits per heavy atom. The second kappa shape index (κ2) is 14.0. The fourth-order valence-electron chi connectivity index (χ4n) is 5.16. The van der Waals surface area contributed by atoms with E-state index in [4.69, 9.17) is 9.47 Å². The van der Waals surface area contributed by atoms with Gasteiger partial charge < -0.3 is 34.9 Å². The first-order chi connectivity index (χ1) is 22.2. The number of carbonyl (C=O) groups excluding carboxylic acids is 3. The largest absolute Gasteiger partial charge is 0.497 e. The molecule has 11 nitrogen and oxygen atoms in total. The van der Waals surface area contributed by atoms with Crippen LogP contribution in [0.5, 0.6) is 5.75 Å². The lowest BCUT2D eigenvalue weighted by atomic mass is 9.99. The van der Waals surface area contributed by atoms with E-state index in [1.54, 1.807) is 73.8 Å². The van der Waals surface area contributed by atoms with Crippen molar-refractivity contribution in [1.29, 1.82) is 0 Å². The third kappa shape index (κ3) is 7.00. The highest BCUT2D eigenvalue weighted by Crippen LogP contribution is 2.31. The van der Waals surface area contributed by atoms with Gasteiger partial charge in [-0.25, -0.2) is 0 Å². The molecule has 0 unspecified atom stereocenters. The summed E-state index contributed by atoms with van der Waals surface area (Å²) in [5.41, 5.74) is 4.57. The molecule has 1 saturated heterocycles. The minimum Gasteiger partial charge on any atom is -0.497 e. The normalized spacial score (nSPS) is 12.6. The lowest BCUT2D eigenvalue weighted by Gasteiger charge is -2.27. The van der Waals surface area contributed by atoms with E-state index in [0.717, 1.165) is 22.8 Å². The average molecular weight is 622 g/mol. The van der Waals surface area contributed by atoms with Gasteiger partial charge in [0.25, 0.3) is 17.4 Å². The average Bonchev–Trinajstić information content (AvgIpc) is 3.07.